The molecule has 4 saturated heterocycles. The van der Waals surface area contributed by atoms with E-state index in [0.29, 0.717) is 66.2 Å². The predicted molar refractivity (Wildman–Crippen MR) is 392 cm³/mol. The number of nitrogens with zero attached hydrogens (tertiary/aromatic N) is 8. The number of Topliss-reactive ketones (excluding diaryl/α,β-unsaturated/α-hetero) is 1. The number of likely N-dealkylation sites (tertiary alicyclic amines) is 4. The summed E-state index contributed by atoms with van der Waals surface area (Å²) >= 11 is 0. The minimum Gasteiger partial charge on any atom is -0.488 e. The normalized spacial score (nSPS) is 17.1. The number of carboxylic acid groups (broad SMARTS) is 1. The maximum Gasteiger partial charge on any atom is 0.304 e. The van der Waals surface area contributed by atoms with Crippen LogP contribution in [0.5, 0.6) is 23.0 Å². The van der Waals surface area contributed by atoms with Gasteiger partial charge in [0.15, 0.2) is 0 Å². The minimum atomic E-state index is -0.769. The number of ether oxygens (including phenoxy) is 4. The van der Waals surface area contributed by atoms with Crippen molar-refractivity contribution in [3.8, 4) is 23.0 Å². The zero-order valence-corrected chi connectivity index (χ0v) is 59.5. The van der Waals surface area contributed by atoms with Crippen LogP contribution in [-0.4, -0.2) is 141 Å². The summed E-state index contributed by atoms with van der Waals surface area (Å²) in [6, 6.07) is 33.6. The molecule has 1 N–H and O–H groups in total. The van der Waals surface area contributed by atoms with E-state index in [4.69, 9.17) is 24.1 Å². The molecule has 8 aliphatic rings. The molecule has 0 radical (unpaired) electrons. The highest BCUT2D eigenvalue weighted by molar-refractivity contribution is 6.10. The number of aromatic nitrogens is 4. The molecule has 4 fully saturated rings. The molecule has 20 heteroatoms. The van der Waals surface area contributed by atoms with E-state index >= 15 is 0 Å². The third-order valence-corrected chi connectivity index (χ3v) is 20.0. The second-order valence-corrected chi connectivity index (χ2v) is 27.1. The highest BCUT2D eigenvalue weighted by Crippen LogP contribution is 2.44. The second kappa shape index (κ2) is 35.6. The lowest BCUT2D eigenvalue weighted by molar-refractivity contribution is -0.137. The van der Waals surface area contributed by atoms with Crippen molar-refractivity contribution in [3.05, 3.63) is 253 Å². The van der Waals surface area contributed by atoms with Crippen molar-refractivity contribution in [3.63, 3.8) is 0 Å². The summed E-state index contributed by atoms with van der Waals surface area (Å²) in [5, 5.41) is 8.88. The molecule has 104 heavy (non-hydrogen) atoms. The van der Waals surface area contributed by atoms with Gasteiger partial charge in [0.05, 0.1) is 29.1 Å². The number of hydrogen-bond donors (Lipinski definition) is 1. The molecule has 542 valence electrons. The largest absolute Gasteiger partial charge is 0.488 e. The fourth-order valence-electron chi connectivity index (χ4n) is 14.7. The number of piperidine rings is 4. The first kappa shape index (κ1) is 74.0. The van der Waals surface area contributed by atoms with Crippen molar-refractivity contribution in [2.45, 2.75) is 124 Å². The topological polar surface area (TPSA) is 173 Å². The van der Waals surface area contributed by atoms with E-state index < -0.39 is 11.8 Å². The van der Waals surface area contributed by atoms with Gasteiger partial charge >= 0.3 is 5.97 Å². The number of hydrogen-bond acceptors (Lipinski definition) is 15. The van der Waals surface area contributed by atoms with Crippen LogP contribution < -0.4 is 18.9 Å². The first-order valence-electron chi connectivity index (χ1n) is 36.5. The van der Waals surface area contributed by atoms with Crippen molar-refractivity contribution in [1.82, 2.24) is 39.5 Å². The molecule has 8 aromatic rings. The molecule has 8 aliphatic heterocycles. The fourth-order valence-corrected chi connectivity index (χ4v) is 14.7. The van der Waals surface area contributed by atoms with E-state index in [0.717, 1.165) is 191 Å². The SMILES string of the molecule is CCCN1CCC(=C2c3ccc(F)cc3OCc3cccnc32)CC1.CCCN1CCC(=C2c3ccc(F)cc3OCc3cccnc32)CC1.CCCN1CCC(=O)CC1.O=C(O)CCN1CCC(=C2c3ccc(F)cc3OCc3cccnc32)CC1.O=C1c2ccc(F)cc2OCc2cccnc21. The number of ketones is 2. The van der Waals surface area contributed by atoms with Crippen LogP contribution in [0.3, 0.4) is 0 Å². The van der Waals surface area contributed by atoms with E-state index in [1.165, 1.54) is 90.6 Å². The molecule has 0 bridgehead atoms. The summed E-state index contributed by atoms with van der Waals surface area (Å²) in [7, 11) is 0. The van der Waals surface area contributed by atoms with Gasteiger partial charge in [0, 0.05) is 176 Å². The number of benzene rings is 4. The lowest BCUT2D eigenvalue weighted by Crippen LogP contribution is -2.34. The molecule has 4 aromatic heterocycles. The summed E-state index contributed by atoms with van der Waals surface area (Å²) in [6.07, 6.45) is 18.1. The summed E-state index contributed by atoms with van der Waals surface area (Å²) in [4.78, 5) is 61.3. The Morgan fingerprint density at radius 1 is 0.385 bits per heavy atom. The van der Waals surface area contributed by atoms with Crippen molar-refractivity contribution in [1.29, 1.82) is 0 Å². The Morgan fingerprint density at radius 3 is 0.981 bits per heavy atom. The van der Waals surface area contributed by atoms with Gasteiger partial charge in [-0.25, -0.2) is 17.6 Å². The van der Waals surface area contributed by atoms with Crippen LogP contribution in [0, 0.1) is 23.3 Å². The van der Waals surface area contributed by atoms with Gasteiger partial charge < -0.3 is 43.7 Å². The zero-order valence-electron chi connectivity index (χ0n) is 59.5. The van der Waals surface area contributed by atoms with Crippen LogP contribution in [0.1, 0.15) is 170 Å². The standard InChI is InChI=1S/C21H21FN2O3.2C21H23FN2O.C13H8FNO2.C8H15NO/c22-16-3-4-17-18(12-16)27-13-15-2-1-8-23-21(15)20(17)14-5-9-24(10-6-14)11-7-19(25)26;2*1-2-10-24-11-7-15(8-12-24)20-18-6-5-17(22)13-19(18)25-14-16-4-3-9-23-21(16)20;14-9-3-4-10-11(6-9)17-7-8-2-1-5-15-12(8)13(10)16;1-2-5-9-6-3-8(10)4-7-9/h1-4,8,12H,5-7,9-11,13H2,(H,25,26);2*3-6,9,13H,2,7-8,10-12,14H2,1H3;1-6H,7H2;2-7H2,1H3. The second-order valence-electron chi connectivity index (χ2n) is 27.1. The van der Waals surface area contributed by atoms with E-state index in [2.05, 4.69) is 72.4 Å². The number of carboxylic acids is 1. The molecule has 0 unspecified atom stereocenters. The Morgan fingerprint density at radius 2 is 0.663 bits per heavy atom. The van der Waals surface area contributed by atoms with E-state index in [-0.39, 0.29) is 42.0 Å². The molecule has 0 aliphatic carbocycles. The Kier molecular flexibility index (Phi) is 25.4. The lowest BCUT2D eigenvalue weighted by atomic mass is 9.89. The summed E-state index contributed by atoms with van der Waals surface area (Å²) < 4.78 is 77.4. The molecule has 16 nitrogen and oxygen atoms in total. The van der Waals surface area contributed by atoms with E-state index in [1.54, 1.807) is 30.6 Å². The van der Waals surface area contributed by atoms with Crippen LogP contribution in [0.4, 0.5) is 17.6 Å². The maximum atomic E-state index is 13.8. The van der Waals surface area contributed by atoms with Gasteiger partial charge in [0.25, 0.3) is 0 Å². The number of carbonyl (C=O) groups excluding carboxylic acids is 2. The number of fused-ring (bicyclic) bond motifs is 8. The van der Waals surface area contributed by atoms with Crippen LogP contribution in [0.15, 0.2) is 163 Å². The van der Waals surface area contributed by atoms with Gasteiger partial charge in [0.2, 0.25) is 5.78 Å². The molecule has 0 saturated carbocycles. The highest BCUT2D eigenvalue weighted by atomic mass is 19.1. The predicted octanol–water partition coefficient (Wildman–Crippen LogP) is 15.7. The third-order valence-electron chi connectivity index (χ3n) is 20.0. The average Bonchev–Trinajstić information content (AvgIpc) is 1.56. The van der Waals surface area contributed by atoms with Crippen molar-refractivity contribution < 1.29 is 56.0 Å². The van der Waals surface area contributed by atoms with Crippen LogP contribution >= 0.6 is 0 Å². The smallest absolute Gasteiger partial charge is 0.304 e. The summed E-state index contributed by atoms with van der Waals surface area (Å²) in [5.41, 5.74) is 17.7. The van der Waals surface area contributed by atoms with Crippen LogP contribution in [-0.2, 0) is 36.0 Å². The van der Waals surface area contributed by atoms with Gasteiger partial charge in [-0.2, -0.15) is 0 Å². The fraction of sp³-hybridized carbons (Fsp3) is 0.369. The Labute approximate surface area is 606 Å². The maximum absolute atomic E-state index is 13.8. The summed E-state index contributed by atoms with van der Waals surface area (Å²) in [5.74, 6) is 0.231. The molecule has 16 rings (SSSR count). The average molecular weight is 1420 g/mol. The molecule has 0 spiro atoms. The van der Waals surface area contributed by atoms with Gasteiger partial charge in [-0.3, -0.25) is 34.3 Å². The number of carbonyl (C=O) groups is 3. The number of rotatable bonds is 9. The molecule has 0 amide bonds. The van der Waals surface area contributed by atoms with E-state index in [1.807, 2.05) is 48.8 Å². The molecule has 0 atom stereocenters. The highest BCUT2D eigenvalue weighted by Gasteiger charge is 2.31. The monoisotopic (exact) mass is 1410 g/mol. The van der Waals surface area contributed by atoms with Crippen molar-refractivity contribution in [2.75, 3.05) is 78.5 Å². The number of aliphatic carboxylic acids is 1. The number of halogens is 4. The molecular formula is C84H90F4N8O8. The number of pyridine rings is 4. The first-order valence-corrected chi connectivity index (χ1v) is 36.5. The van der Waals surface area contributed by atoms with Gasteiger partial charge in [0.1, 0.15) is 84.2 Å². The van der Waals surface area contributed by atoms with Gasteiger partial charge in [-0.05, 0) is 150 Å². The Bertz CT molecular complexity index is 4330. The molecule has 12 heterocycles. The van der Waals surface area contributed by atoms with Crippen LogP contribution in [0.25, 0.3) is 16.7 Å². The quantitative estimate of drug-likeness (QED) is 0.135. The lowest BCUT2D eigenvalue weighted by Gasteiger charge is -2.29. The van der Waals surface area contributed by atoms with E-state index in [9.17, 15) is 31.9 Å². The Balaban J connectivity index is 0.000000126. The van der Waals surface area contributed by atoms with Gasteiger partial charge in [-0.1, -0.05) is 61.8 Å². The molecular weight excluding hydrogens is 1320 g/mol. The van der Waals surface area contributed by atoms with Crippen LogP contribution in [0.2, 0.25) is 0 Å². The van der Waals surface area contributed by atoms with Crippen molar-refractivity contribution in [2.24, 2.45) is 0 Å². The third kappa shape index (κ3) is 18.4. The first-order chi connectivity index (χ1) is 50.7. The summed E-state index contributed by atoms with van der Waals surface area (Å²) in [6.45, 7) is 20.0. The minimum absolute atomic E-state index is 0.159. The van der Waals surface area contributed by atoms with Crippen molar-refractivity contribution >= 4 is 34.3 Å². The Hall–Kier alpha value is -9.73. The van der Waals surface area contributed by atoms with Gasteiger partial charge in [-0.15, -0.1) is 0 Å². The zero-order chi connectivity index (χ0) is 72.5. The molecule has 4 aromatic carbocycles.